The van der Waals surface area contributed by atoms with E-state index in [-0.39, 0.29) is 40.6 Å². The summed E-state index contributed by atoms with van der Waals surface area (Å²) < 4.78 is 27.6. The Morgan fingerprint density at radius 2 is 1.74 bits per heavy atom. The molecule has 1 rings (SSSR count). The van der Waals surface area contributed by atoms with Gasteiger partial charge in [0.2, 0.25) is 10.0 Å². The smallest absolute Gasteiger partial charge is 0.317 e. The van der Waals surface area contributed by atoms with Crippen molar-refractivity contribution in [3.8, 4) is 0 Å². The van der Waals surface area contributed by atoms with Crippen molar-refractivity contribution >= 4 is 45.3 Å². The molecular formula is C23H39Cl2N5O4S. The first-order valence-electron chi connectivity index (χ1n) is 11.9. The zero-order valence-corrected chi connectivity index (χ0v) is 23.5. The summed E-state index contributed by atoms with van der Waals surface area (Å²) >= 11 is 11.9. The van der Waals surface area contributed by atoms with E-state index in [4.69, 9.17) is 23.2 Å². The molecule has 0 radical (unpaired) electrons. The van der Waals surface area contributed by atoms with Gasteiger partial charge in [0.1, 0.15) is 4.90 Å². The first-order valence-corrected chi connectivity index (χ1v) is 14.1. The number of rotatable bonds is 14. The van der Waals surface area contributed by atoms with Gasteiger partial charge in [0.15, 0.2) is 0 Å². The van der Waals surface area contributed by atoms with Crippen molar-refractivity contribution in [2.75, 3.05) is 26.2 Å². The highest BCUT2D eigenvalue weighted by Crippen LogP contribution is 2.24. The van der Waals surface area contributed by atoms with Crippen LogP contribution in [0.25, 0.3) is 0 Å². The third-order valence-corrected chi connectivity index (χ3v) is 7.08. The summed E-state index contributed by atoms with van der Waals surface area (Å²) in [5, 5.41) is 8.98. The molecule has 0 aromatic heterocycles. The Bertz CT molecular complexity index is 928. The number of hydrogen-bond donors (Lipinski definition) is 4. The number of amides is 4. The molecule has 4 N–H and O–H groups in total. The molecule has 200 valence electrons. The van der Waals surface area contributed by atoms with Crippen LogP contribution in [0.15, 0.2) is 23.1 Å². The highest BCUT2D eigenvalue weighted by molar-refractivity contribution is 7.89. The van der Waals surface area contributed by atoms with Gasteiger partial charge in [0, 0.05) is 43.3 Å². The maximum atomic E-state index is 12.8. The molecule has 4 amide bonds. The van der Waals surface area contributed by atoms with Gasteiger partial charge in [-0.15, -0.1) is 0 Å². The highest BCUT2D eigenvalue weighted by Gasteiger charge is 2.22. The third-order valence-electron chi connectivity index (χ3n) is 4.90. The van der Waals surface area contributed by atoms with Crippen LogP contribution >= 0.6 is 23.2 Å². The molecule has 0 unspecified atom stereocenters. The monoisotopic (exact) mass is 551 g/mol. The molecule has 12 heteroatoms. The quantitative estimate of drug-likeness (QED) is 0.259. The van der Waals surface area contributed by atoms with E-state index in [0.717, 1.165) is 0 Å². The first kappa shape index (κ1) is 31.3. The molecular weight excluding hydrogens is 513 g/mol. The fourth-order valence-electron chi connectivity index (χ4n) is 3.43. The molecule has 0 heterocycles. The largest absolute Gasteiger partial charge is 0.338 e. The summed E-state index contributed by atoms with van der Waals surface area (Å²) in [6.45, 7) is 11.2. The summed E-state index contributed by atoms with van der Waals surface area (Å²) in [4.78, 5) is 26.5. The average Bonchev–Trinajstić information content (AvgIpc) is 2.71. The van der Waals surface area contributed by atoms with Crippen molar-refractivity contribution in [3.63, 3.8) is 0 Å². The molecule has 1 atom stereocenters. The van der Waals surface area contributed by atoms with Crippen molar-refractivity contribution in [1.29, 1.82) is 0 Å². The van der Waals surface area contributed by atoms with Crippen molar-refractivity contribution in [2.45, 2.75) is 70.9 Å². The Balaban J connectivity index is 2.74. The van der Waals surface area contributed by atoms with E-state index < -0.39 is 10.0 Å². The summed E-state index contributed by atoms with van der Waals surface area (Å²) in [6.07, 6.45) is 1.79. The van der Waals surface area contributed by atoms with Crippen LogP contribution in [0.4, 0.5) is 9.59 Å². The Kier molecular flexibility index (Phi) is 13.7. The Labute approximate surface area is 219 Å². The normalized spacial score (nSPS) is 12.5. The molecule has 0 spiro atoms. The lowest BCUT2D eigenvalue weighted by Crippen LogP contribution is -2.52. The SMILES string of the molecule is CCNC(=O)N[C@@H](CC(C)C)CN(CCCCNS(=O)(=O)c1ccc(Cl)cc1Cl)C(=O)NC(C)C. The molecule has 1 aromatic rings. The summed E-state index contributed by atoms with van der Waals surface area (Å²) in [5.74, 6) is 0.325. The van der Waals surface area contributed by atoms with Gasteiger partial charge >= 0.3 is 12.1 Å². The standard InChI is InChI=1S/C23H39Cl2N5O4S/c1-6-26-22(31)29-19(13-16(2)3)15-30(23(32)28-17(4)5)12-8-7-11-27-35(33,34)21-10-9-18(24)14-20(21)25/h9-10,14,16-17,19,27H,6-8,11-13,15H2,1-5H3,(H,28,32)(H2,26,29,31)/t19-/m0/s1. The Hall–Kier alpha value is -1.75. The highest BCUT2D eigenvalue weighted by atomic mass is 35.5. The van der Waals surface area contributed by atoms with Gasteiger partial charge in [-0.25, -0.2) is 22.7 Å². The van der Waals surface area contributed by atoms with Crippen LogP contribution in [0.2, 0.25) is 10.0 Å². The summed E-state index contributed by atoms with van der Waals surface area (Å²) in [6, 6.07) is 3.46. The number of carbonyl (C=O) groups excluding carboxylic acids is 2. The minimum atomic E-state index is -3.78. The number of nitrogens with zero attached hydrogens (tertiary/aromatic N) is 1. The second-order valence-corrected chi connectivity index (χ2v) is 11.6. The fraction of sp³-hybridized carbons (Fsp3) is 0.652. The van der Waals surface area contributed by atoms with E-state index in [9.17, 15) is 18.0 Å². The van der Waals surface area contributed by atoms with Crippen molar-refractivity contribution in [3.05, 3.63) is 28.2 Å². The molecule has 0 aliphatic carbocycles. The molecule has 0 saturated heterocycles. The maximum absolute atomic E-state index is 12.8. The number of nitrogens with one attached hydrogen (secondary N) is 4. The van der Waals surface area contributed by atoms with Gasteiger partial charge < -0.3 is 20.9 Å². The van der Waals surface area contributed by atoms with Gasteiger partial charge in [-0.05, 0) is 64.2 Å². The molecule has 0 saturated carbocycles. The van der Waals surface area contributed by atoms with Gasteiger partial charge in [0.25, 0.3) is 0 Å². The number of sulfonamides is 1. The van der Waals surface area contributed by atoms with Crippen molar-refractivity contribution in [1.82, 2.24) is 25.6 Å². The van der Waals surface area contributed by atoms with Crippen LogP contribution in [0.1, 0.15) is 53.9 Å². The minimum Gasteiger partial charge on any atom is -0.338 e. The number of unbranched alkanes of at least 4 members (excludes halogenated alkanes) is 1. The number of carbonyl (C=O) groups is 2. The zero-order chi connectivity index (χ0) is 26.6. The van der Waals surface area contributed by atoms with Crippen LogP contribution in [-0.2, 0) is 10.0 Å². The molecule has 0 aliphatic rings. The predicted octanol–water partition coefficient (Wildman–Crippen LogP) is 4.21. The van der Waals surface area contributed by atoms with Crippen molar-refractivity contribution < 1.29 is 18.0 Å². The van der Waals surface area contributed by atoms with E-state index in [1.54, 1.807) is 4.90 Å². The number of urea groups is 2. The number of benzene rings is 1. The Morgan fingerprint density at radius 3 is 2.31 bits per heavy atom. The lowest BCUT2D eigenvalue weighted by Gasteiger charge is -2.30. The van der Waals surface area contributed by atoms with Crippen molar-refractivity contribution in [2.24, 2.45) is 5.92 Å². The molecule has 1 aromatic carbocycles. The van der Waals surface area contributed by atoms with Gasteiger partial charge in [-0.1, -0.05) is 37.0 Å². The van der Waals surface area contributed by atoms with Gasteiger partial charge in [-0.3, -0.25) is 0 Å². The van der Waals surface area contributed by atoms with Gasteiger partial charge in [-0.2, -0.15) is 0 Å². The van der Waals surface area contributed by atoms with E-state index in [1.807, 2.05) is 20.8 Å². The van der Waals surface area contributed by atoms with E-state index in [2.05, 4.69) is 34.5 Å². The van der Waals surface area contributed by atoms with Gasteiger partial charge in [0.05, 0.1) is 5.02 Å². The van der Waals surface area contributed by atoms with Crippen LogP contribution in [0.5, 0.6) is 0 Å². The third kappa shape index (κ3) is 12.2. The fourth-order valence-corrected chi connectivity index (χ4v) is 5.27. The molecule has 0 bridgehead atoms. The Morgan fingerprint density at radius 1 is 1.06 bits per heavy atom. The molecule has 9 nitrogen and oxygen atoms in total. The second-order valence-electron chi connectivity index (χ2n) is 9.06. The lowest BCUT2D eigenvalue weighted by atomic mass is 10.0. The van der Waals surface area contributed by atoms with Crippen LogP contribution in [-0.4, -0.2) is 63.6 Å². The topological polar surface area (TPSA) is 120 Å². The first-order chi connectivity index (χ1) is 16.4. The van der Waals surface area contributed by atoms with E-state index in [0.29, 0.717) is 49.8 Å². The predicted molar refractivity (Wildman–Crippen MR) is 142 cm³/mol. The second kappa shape index (κ2) is 15.4. The van der Waals surface area contributed by atoms with Crippen LogP contribution in [0.3, 0.4) is 0 Å². The summed E-state index contributed by atoms with van der Waals surface area (Å²) in [5.41, 5.74) is 0. The molecule has 35 heavy (non-hydrogen) atoms. The average molecular weight is 553 g/mol. The maximum Gasteiger partial charge on any atom is 0.317 e. The van der Waals surface area contributed by atoms with Crippen LogP contribution < -0.4 is 20.7 Å². The zero-order valence-electron chi connectivity index (χ0n) is 21.2. The number of halogens is 2. The van der Waals surface area contributed by atoms with Crippen LogP contribution in [0, 0.1) is 5.92 Å². The lowest BCUT2D eigenvalue weighted by molar-refractivity contribution is 0.182. The molecule has 0 fully saturated rings. The minimum absolute atomic E-state index is 0.0329. The number of hydrogen-bond acceptors (Lipinski definition) is 4. The van der Waals surface area contributed by atoms with E-state index >= 15 is 0 Å². The summed E-state index contributed by atoms with van der Waals surface area (Å²) in [7, 11) is -3.78. The molecule has 0 aliphatic heterocycles. The van der Waals surface area contributed by atoms with E-state index in [1.165, 1.54) is 18.2 Å².